The van der Waals surface area contributed by atoms with Gasteiger partial charge in [0.25, 0.3) is 0 Å². The summed E-state index contributed by atoms with van der Waals surface area (Å²) in [6, 6.07) is 59.0. The second-order valence-electron chi connectivity index (χ2n) is 11.8. The van der Waals surface area contributed by atoms with Crippen molar-refractivity contribution in [2.45, 2.75) is 32.1 Å². The highest BCUT2D eigenvalue weighted by Crippen LogP contribution is 2.40. The van der Waals surface area contributed by atoms with E-state index in [0.717, 1.165) is 40.7 Å². The molecule has 0 aliphatic carbocycles. The van der Waals surface area contributed by atoms with Gasteiger partial charge in [-0.05, 0) is 52.8 Å². The number of rotatable bonds is 9. The summed E-state index contributed by atoms with van der Waals surface area (Å²) in [5.41, 5.74) is 10.0. The van der Waals surface area contributed by atoms with Crippen molar-refractivity contribution in [1.29, 1.82) is 0 Å². The van der Waals surface area contributed by atoms with Gasteiger partial charge in [-0.3, -0.25) is 0 Å². The number of benzene rings is 5. The molecule has 0 radical (unpaired) electrons. The van der Waals surface area contributed by atoms with E-state index in [0.29, 0.717) is 17.5 Å². The molecular formula is C44H35N3. The van der Waals surface area contributed by atoms with Crippen LogP contribution in [0.4, 0.5) is 0 Å². The molecule has 226 valence electrons. The van der Waals surface area contributed by atoms with Crippen molar-refractivity contribution in [3.8, 4) is 56.4 Å². The van der Waals surface area contributed by atoms with E-state index < -0.39 is 0 Å². The molecule has 1 aromatic heterocycles. The highest BCUT2D eigenvalue weighted by atomic mass is 15.0. The number of aromatic nitrogens is 3. The molecule has 0 amide bonds. The fourth-order valence-electron chi connectivity index (χ4n) is 6.46. The van der Waals surface area contributed by atoms with E-state index in [1.165, 1.54) is 22.3 Å². The van der Waals surface area contributed by atoms with Crippen LogP contribution in [0.15, 0.2) is 152 Å². The van der Waals surface area contributed by atoms with Crippen molar-refractivity contribution in [3.63, 3.8) is 0 Å². The van der Waals surface area contributed by atoms with Crippen LogP contribution in [0.5, 0.6) is 0 Å². The number of hydrogen-bond acceptors (Lipinski definition) is 3. The van der Waals surface area contributed by atoms with Gasteiger partial charge in [-0.2, -0.15) is 0 Å². The SMILES string of the molecule is CCC(CC)(c1ccc(-c2ccc(-c3c#cccc3)cc2)cc1)c1ccc(-c2nc(-c3ccccc3)nc(-c3ccccc3)n2)cc1. The third-order valence-electron chi connectivity index (χ3n) is 9.22. The van der Waals surface area contributed by atoms with Crippen molar-refractivity contribution in [2.24, 2.45) is 0 Å². The minimum atomic E-state index is -0.107. The molecule has 7 rings (SSSR count). The van der Waals surface area contributed by atoms with Crippen molar-refractivity contribution >= 4 is 0 Å². The summed E-state index contributed by atoms with van der Waals surface area (Å²) in [5.74, 6) is 2.00. The van der Waals surface area contributed by atoms with Gasteiger partial charge in [-0.1, -0.05) is 166 Å². The molecule has 0 N–H and O–H groups in total. The molecule has 3 nitrogen and oxygen atoms in total. The van der Waals surface area contributed by atoms with Crippen LogP contribution in [-0.2, 0) is 5.41 Å². The number of nitrogens with zero attached hydrogens (tertiary/aromatic N) is 3. The largest absolute Gasteiger partial charge is 0.208 e. The maximum atomic E-state index is 4.93. The van der Waals surface area contributed by atoms with E-state index in [9.17, 15) is 0 Å². The summed E-state index contributed by atoms with van der Waals surface area (Å²) < 4.78 is 0. The molecule has 0 spiro atoms. The first-order chi connectivity index (χ1) is 23.2. The lowest BCUT2D eigenvalue weighted by Crippen LogP contribution is -2.26. The Morgan fingerprint density at radius 2 is 0.830 bits per heavy atom. The lowest BCUT2D eigenvalue weighted by molar-refractivity contribution is 0.478. The Labute approximate surface area is 277 Å². The monoisotopic (exact) mass is 605 g/mol. The molecule has 0 bridgehead atoms. The van der Waals surface area contributed by atoms with Gasteiger partial charge >= 0.3 is 0 Å². The first-order valence-corrected chi connectivity index (χ1v) is 16.2. The van der Waals surface area contributed by atoms with Gasteiger partial charge in [-0.25, -0.2) is 15.0 Å². The van der Waals surface area contributed by atoms with E-state index in [1.807, 2.05) is 72.8 Å². The standard InChI is InChI=1S/C44H35N3/c1-3-44(4-2,39-28-24-35(25-29-39)34-22-20-33(21-23-34)32-14-8-5-9-15-32)40-30-26-38(27-31-40)43-46-41(36-16-10-6-11-17-36)45-42(47-43)37-18-12-7-13-19-37/h5-8,10-14,16-31H,3-4H2,1-2H3. The third-order valence-corrected chi connectivity index (χ3v) is 9.22. The molecule has 0 fully saturated rings. The minimum absolute atomic E-state index is 0.107. The first kappa shape index (κ1) is 29.8. The van der Waals surface area contributed by atoms with Gasteiger partial charge < -0.3 is 0 Å². The zero-order valence-corrected chi connectivity index (χ0v) is 26.7. The van der Waals surface area contributed by atoms with E-state index in [2.05, 4.69) is 105 Å². The van der Waals surface area contributed by atoms with Gasteiger partial charge in [0, 0.05) is 27.7 Å². The van der Waals surface area contributed by atoms with E-state index in [-0.39, 0.29) is 5.41 Å². The van der Waals surface area contributed by atoms with Crippen molar-refractivity contribution in [3.05, 3.63) is 175 Å². The Hall–Kier alpha value is -5.85. The maximum Gasteiger partial charge on any atom is 0.164 e. The molecule has 3 heteroatoms. The summed E-state index contributed by atoms with van der Waals surface area (Å²) in [4.78, 5) is 14.7. The van der Waals surface area contributed by atoms with Crippen LogP contribution >= 0.6 is 0 Å². The summed E-state index contributed by atoms with van der Waals surface area (Å²) in [7, 11) is 0. The van der Waals surface area contributed by atoms with Crippen molar-refractivity contribution in [2.75, 3.05) is 0 Å². The van der Waals surface area contributed by atoms with Crippen molar-refractivity contribution in [1.82, 2.24) is 15.0 Å². The summed E-state index contributed by atoms with van der Waals surface area (Å²) in [6.07, 6.45) is 1.98. The Morgan fingerprint density at radius 3 is 1.26 bits per heavy atom. The first-order valence-electron chi connectivity index (χ1n) is 16.2. The molecule has 0 aliphatic heterocycles. The normalized spacial score (nSPS) is 11.2. The molecule has 7 aromatic rings. The van der Waals surface area contributed by atoms with Gasteiger partial charge in [-0.15, -0.1) is 0 Å². The molecule has 0 saturated heterocycles. The van der Waals surface area contributed by atoms with E-state index in [4.69, 9.17) is 15.0 Å². The van der Waals surface area contributed by atoms with Crippen LogP contribution in [0.2, 0.25) is 0 Å². The summed E-state index contributed by atoms with van der Waals surface area (Å²) in [6.45, 7) is 4.57. The van der Waals surface area contributed by atoms with Crippen LogP contribution in [-0.4, -0.2) is 15.0 Å². The second-order valence-corrected chi connectivity index (χ2v) is 11.8. The number of hydrogen-bond donors (Lipinski definition) is 0. The predicted molar refractivity (Wildman–Crippen MR) is 192 cm³/mol. The predicted octanol–water partition coefficient (Wildman–Crippen LogP) is 10.9. The minimum Gasteiger partial charge on any atom is -0.208 e. The van der Waals surface area contributed by atoms with Gasteiger partial charge in [0.2, 0.25) is 0 Å². The van der Waals surface area contributed by atoms with E-state index >= 15 is 0 Å². The topological polar surface area (TPSA) is 38.7 Å². The van der Waals surface area contributed by atoms with Crippen LogP contribution in [0.3, 0.4) is 0 Å². The van der Waals surface area contributed by atoms with Crippen LogP contribution in [0, 0.1) is 12.1 Å². The second kappa shape index (κ2) is 13.3. The summed E-state index contributed by atoms with van der Waals surface area (Å²) in [5, 5.41) is 0. The Kier molecular flexibility index (Phi) is 8.41. The van der Waals surface area contributed by atoms with Crippen LogP contribution < -0.4 is 0 Å². The lowest BCUT2D eigenvalue weighted by atomic mass is 9.70. The van der Waals surface area contributed by atoms with Gasteiger partial charge in [0.15, 0.2) is 17.5 Å². The third kappa shape index (κ3) is 6.07. The molecule has 0 unspecified atom stereocenters. The van der Waals surface area contributed by atoms with Gasteiger partial charge in [0.1, 0.15) is 0 Å². The zero-order valence-electron chi connectivity index (χ0n) is 26.7. The Bertz CT molecular complexity index is 1990. The molecule has 47 heavy (non-hydrogen) atoms. The average molecular weight is 606 g/mol. The molecule has 0 saturated carbocycles. The van der Waals surface area contributed by atoms with E-state index in [1.54, 1.807) is 0 Å². The Morgan fingerprint density at radius 1 is 0.426 bits per heavy atom. The maximum absolute atomic E-state index is 4.93. The average Bonchev–Trinajstić information content (AvgIpc) is 3.17. The van der Waals surface area contributed by atoms with Gasteiger partial charge in [0.05, 0.1) is 0 Å². The van der Waals surface area contributed by atoms with Crippen LogP contribution in [0.25, 0.3) is 56.4 Å². The van der Waals surface area contributed by atoms with Crippen LogP contribution in [0.1, 0.15) is 37.8 Å². The highest BCUT2D eigenvalue weighted by Gasteiger charge is 2.30. The zero-order chi connectivity index (χ0) is 32.1. The highest BCUT2D eigenvalue weighted by molar-refractivity contribution is 5.70. The molecule has 0 atom stereocenters. The quantitative estimate of drug-likeness (QED) is 0.164. The fourth-order valence-corrected chi connectivity index (χ4v) is 6.46. The smallest absolute Gasteiger partial charge is 0.164 e. The Balaban J connectivity index is 1.19. The van der Waals surface area contributed by atoms with Crippen molar-refractivity contribution < 1.29 is 0 Å². The fraction of sp³-hybridized carbons (Fsp3) is 0.114. The molecule has 1 heterocycles. The summed E-state index contributed by atoms with van der Waals surface area (Å²) >= 11 is 0. The molecular weight excluding hydrogens is 571 g/mol. The molecule has 6 aromatic carbocycles. The molecule has 0 aliphatic rings. The lowest BCUT2D eigenvalue weighted by Gasteiger charge is -2.33.